The third-order valence-corrected chi connectivity index (χ3v) is 6.03. The molecule has 0 aliphatic rings. The van der Waals surface area contributed by atoms with Crippen molar-refractivity contribution in [1.29, 1.82) is 0 Å². The normalized spacial score (nSPS) is 11.6. The minimum atomic E-state index is -3.66. The molecule has 4 nitrogen and oxygen atoms in total. The maximum atomic E-state index is 12.3. The Labute approximate surface area is 131 Å². The Hall–Kier alpha value is -0.790. The highest BCUT2D eigenvalue weighted by atomic mass is 35.5. The summed E-state index contributed by atoms with van der Waals surface area (Å²) in [5, 5.41) is 0.656. The lowest BCUT2D eigenvalue weighted by atomic mass is 10.3. The summed E-state index contributed by atoms with van der Waals surface area (Å²) in [5.74, 6) is 0. The van der Waals surface area contributed by atoms with Gasteiger partial charge in [0, 0.05) is 16.3 Å². The topological polar surface area (TPSA) is 72.2 Å². The van der Waals surface area contributed by atoms with E-state index in [4.69, 9.17) is 28.9 Å². The third kappa shape index (κ3) is 3.27. The molecule has 0 radical (unpaired) electrons. The van der Waals surface area contributed by atoms with Crippen molar-refractivity contribution < 1.29 is 8.42 Å². The van der Waals surface area contributed by atoms with Crippen molar-refractivity contribution in [3.05, 3.63) is 44.1 Å². The molecule has 2 rings (SSSR count). The van der Waals surface area contributed by atoms with Crippen molar-refractivity contribution in [3.8, 4) is 0 Å². The molecule has 0 saturated carbocycles. The van der Waals surface area contributed by atoms with E-state index in [-0.39, 0.29) is 9.92 Å². The Bertz CT molecular complexity index is 742. The first-order valence-electron chi connectivity index (χ1n) is 5.60. The van der Waals surface area contributed by atoms with Crippen LogP contribution in [0.4, 0.5) is 5.69 Å². The Morgan fingerprint density at radius 3 is 2.50 bits per heavy atom. The third-order valence-electron chi connectivity index (χ3n) is 2.59. The Balaban J connectivity index is 2.35. The van der Waals surface area contributed by atoms with Crippen molar-refractivity contribution in [2.75, 3.05) is 4.72 Å². The van der Waals surface area contributed by atoms with E-state index < -0.39 is 10.0 Å². The van der Waals surface area contributed by atoms with E-state index in [9.17, 15) is 8.42 Å². The van der Waals surface area contributed by atoms with E-state index in [1.54, 1.807) is 19.1 Å². The van der Waals surface area contributed by atoms with Gasteiger partial charge in [-0.05, 0) is 31.2 Å². The van der Waals surface area contributed by atoms with Crippen LogP contribution in [0.2, 0.25) is 10.0 Å². The summed E-state index contributed by atoms with van der Waals surface area (Å²) in [6, 6.07) is 6.14. The second-order valence-corrected chi connectivity index (χ2v) is 7.88. The van der Waals surface area contributed by atoms with Gasteiger partial charge in [-0.2, -0.15) is 0 Å². The molecule has 1 aromatic heterocycles. The quantitative estimate of drug-likeness (QED) is 0.884. The number of nitrogens with two attached hydrogens (primary N) is 1. The van der Waals surface area contributed by atoms with E-state index in [1.165, 1.54) is 23.5 Å². The summed E-state index contributed by atoms with van der Waals surface area (Å²) in [4.78, 5) is 1.74. The molecule has 3 N–H and O–H groups in total. The number of benzene rings is 1. The van der Waals surface area contributed by atoms with Crippen LogP contribution < -0.4 is 10.5 Å². The molecule has 0 spiro atoms. The minimum Gasteiger partial charge on any atom is -0.326 e. The largest absolute Gasteiger partial charge is 0.326 e. The first-order valence-corrected chi connectivity index (χ1v) is 8.66. The molecular formula is C12H12Cl2N2O2S2. The van der Waals surface area contributed by atoms with E-state index >= 15 is 0 Å². The van der Waals surface area contributed by atoms with Crippen LogP contribution in [-0.4, -0.2) is 8.42 Å². The Morgan fingerprint density at radius 1 is 1.25 bits per heavy atom. The number of nitrogens with one attached hydrogen (secondary N) is 1. The molecule has 0 bridgehead atoms. The van der Waals surface area contributed by atoms with Gasteiger partial charge in [-0.15, -0.1) is 11.3 Å². The molecule has 0 aliphatic heterocycles. The van der Waals surface area contributed by atoms with E-state index in [1.807, 2.05) is 0 Å². The summed E-state index contributed by atoms with van der Waals surface area (Å²) in [6.45, 7) is 2.06. The second-order valence-electron chi connectivity index (χ2n) is 4.07. The zero-order chi connectivity index (χ0) is 14.9. The highest BCUT2D eigenvalue weighted by molar-refractivity contribution is 7.93. The van der Waals surface area contributed by atoms with Crippen molar-refractivity contribution in [2.45, 2.75) is 18.4 Å². The van der Waals surface area contributed by atoms with Gasteiger partial charge in [-0.25, -0.2) is 8.42 Å². The Morgan fingerprint density at radius 2 is 1.95 bits per heavy atom. The number of anilines is 1. The maximum Gasteiger partial charge on any atom is 0.263 e. The van der Waals surface area contributed by atoms with Crippen LogP contribution in [0, 0.1) is 6.92 Å². The van der Waals surface area contributed by atoms with Crippen LogP contribution in [0.3, 0.4) is 0 Å². The van der Waals surface area contributed by atoms with Crippen LogP contribution in [0.25, 0.3) is 0 Å². The predicted molar refractivity (Wildman–Crippen MR) is 84.2 cm³/mol. The maximum absolute atomic E-state index is 12.3. The van der Waals surface area contributed by atoms with E-state index in [0.29, 0.717) is 22.1 Å². The Kier molecular flexibility index (Phi) is 4.61. The van der Waals surface area contributed by atoms with Gasteiger partial charge in [0.05, 0.1) is 15.7 Å². The molecule has 1 aromatic carbocycles. The van der Waals surface area contributed by atoms with Gasteiger partial charge in [0.2, 0.25) is 0 Å². The summed E-state index contributed by atoms with van der Waals surface area (Å²) < 4.78 is 27.1. The number of hydrogen-bond donors (Lipinski definition) is 2. The van der Waals surface area contributed by atoms with Crippen LogP contribution in [0.5, 0.6) is 0 Å². The monoisotopic (exact) mass is 350 g/mol. The molecule has 0 fully saturated rings. The number of hydrogen-bond acceptors (Lipinski definition) is 4. The summed E-state index contributed by atoms with van der Waals surface area (Å²) in [6.07, 6.45) is 0. The molecule has 20 heavy (non-hydrogen) atoms. The molecule has 0 atom stereocenters. The van der Waals surface area contributed by atoms with Gasteiger partial charge in [-0.1, -0.05) is 23.2 Å². The second kappa shape index (κ2) is 5.91. The number of thiophene rings is 1. The van der Waals surface area contributed by atoms with Crippen molar-refractivity contribution in [1.82, 2.24) is 0 Å². The van der Waals surface area contributed by atoms with Crippen LogP contribution in [0.15, 0.2) is 29.2 Å². The molecule has 0 aliphatic carbocycles. The number of sulfonamides is 1. The fourth-order valence-electron chi connectivity index (χ4n) is 1.66. The van der Waals surface area contributed by atoms with Gasteiger partial charge < -0.3 is 5.73 Å². The molecule has 0 unspecified atom stereocenters. The molecular weight excluding hydrogens is 339 g/mol. The lowest BCUT2D eigenvalue weighted by Crippen LogP contribution is -2.13. The highest BCUT2D eigenvalue weighted by Gasteiger charge is 2.20. The van der Waals surface area contributed by atoms with Gasteiger partial charge in [0.15, 0.2) is 0 Å². The highest BCUT2D eigenvalue weighted by Crippen LogP contribution is 2.29. The number of halogens is 2. The lowest BCUT2D eigenvalue weighted by molar-refractivity contribution is 0.601. The van der Waals surface area contributed by atoms with Gasteiger partial charge in [-0.3, -0.25) is 4.72 Å². The van der Waals surface area contributed by atoms with E-state index in [2.05, 4.69) is 4.72 Å². The van der Waals surface area contributed by atoms with Gasteiger partial charge in [0.25, 0.3) is 10.0 Å². The average molecular weight is 351 g/mol. The fourth-order valence-corrected chi connectivity index (χ4v) is 4.52. The number of aryl methyl sites for hydroxylation is 1. The van der Waals surface area contributed by atoms with Crippen LogP contribution >= 0.6 is 34.5 Å². The predicted octanol–water partition coefficient (Wildman–Crippen LogP) is 3.62. The fraction of sp³-hybridized carbons (Fsp3) is 0.167. The van der Waals surface area contributed by atoms with Gasteiger partial charge in [0.1, 0.15) is 4.90 Å². The molecule has 108 valence electrons. The molecule has 0 saturated heterocycles. The first kappa shape index (κ1) is 15.6. The SMILES string of the molecule is Cc1sc(CN)cc1S(=O)(=O)Nc1ccc(Cl)c(Cl)c1. The molecule has 0 amide bonds. The molecule has 2 aromatic rings. The standard InChI is InChI=1S/C12H12Cl2N2O2S2/c1-7-12(5-9(6-15)19-7)20(17,18)16-8-2-3-10(13)11(14)4-8/h2-5,16H,6,15H2,1H3. The van der Waals surface area contributed by atoms with E-state index in [0.717, 1.165) is 4.88 Å². The van der Waals surface area contributed by atoms with Crippen molar-refractivity contribution in [3.63, 3.8) is 0 Å². The lowest BCUT2D eigenvalue weighted by Gasteiger charge is -2.08. The summed E-state index contributed by atoms with van der Waals surface area (Å²) in [7, 11) is -3.66. The average Bonchev–Trinajstić information content (AvgIpc) is 2.76. The zero-order valence-corrected chi connectivity index (χ0v) is 13.6. The summed E-state index contributed by atoms with van der Waals surface area (Å²) >= 11 is 13.0. The molecule has 8 heteroatoms. The smallest absolute Gasteiger partial charge is 0.263 e. The first-order chi connectivity index (χ1) is 9.33. The van der Waals surface area contributed by atoms with Crippen LogP contribution in [0.1, 0.15) is 9.75 Å². The van der Waals surface area contributed by atoms with Crippen molar-refractivity contribution in [2.24, 2.45) is 5.73 Å². The summed E-state index contributed by atoms with van der Waals surface area (Å²) in [5.41, 5.74) is 5.89. The zero-order valence-electron chi connectivity index (χ0n) is 10.5. The van der Waals surface area contributed by atoms with Crippen LogP contribution in [-0.2, 0) is 16.6 Å². The van der Waals surface area contributed by atoms with Crippen molar-refractivity contribution >= 4 is 50.2 Å². The van der Waals surface area contributed by atoms with Gasteiger partial charge >= 0.3 is 0 Å². The molecule has 1 heterocycles. The minimum absolute atomic E-state index is 0.231. The number of rotatable bonds is 4.